The largest absolute Gasteiger partial charge is 0.493 e. The Bertz CT molecular complexity index is 610. The van der Waals surface area contributed by atoms with Gasteiger partial charge in [-0.2, -0.15) is 0 Å². The molecule has 7 nitrogen and oxygen atoms in total. The summed E-state index contributed by atoms with van der Waals surface area (Å²) in [7, 11) is 3.49. The molecule has 1 aliphatic heterocycles. The summed E-state index contributed by atoms with van der Waals surface area (Å²) in [5.41, 5.74) is 2.29. The van der Waals surface area contributed by atoms with Crippen LogP contribution in [0.5, 0.6) is 5.75 Å². The van der Waals surface area contributed by atoms with Gasteiger partial charge in [-0.3, -0.25) is 4.99 Å². The quantitative estimate of drug-likeness (QED) is 0.185. The van der Waals surface area contributed by atoms with E-state index in [1.807, 2.05) is 0 Å². The van der Waals surface area contributed by atoms with E-state index in [1.165, 1.54) is 5.56 Å². The standard InChI is InChI=1S/C22H37N3O4.HI/c1-18-6-7-19(21(16-18)29-13-5-11-26-3)17-25-22(23-2)24-10-4-12-28-20-8-14-27-15-9-20;/h6-7,16,20H,4-5,8-15,17H2,1-3H3,(H2,23,24,25);1H. The van der Waals surface area contributed by atoms with Gasteiger partial charge in [-0.1, -0.05) is 12.1 Å². The third-order valence-electron chi connectivity index (χ3n) is 4.78. The topological polar surface area (TPSA) is 73.3 Å². The number of hydrogen-bond donors (Lipinski definition) is 2. The fraction of sp³-hybridized carbons (Fsp3) is 0.682. The lowest BCUT2D eigenvalue weighted by Gasteiger charge is -2.22. The van der Waals surface area contributed by atoms with Crippen molar-refractivity contribution < 1.29 is 18.9 Å². The fourth-order valence-electron chi connectivity index (χ4n) is 3.10. The van der Waals surface area contributed by atoms with E-state index >= 15 is 0 Å². The van der Waals surface area contributed by atoms with Crippen LogP contribution in [0.4, 0.5) is 0 Å². The van der Waals surface area contributed by atoms with Crippen molar-refractivity contribution in [1.29, 1.82) is 0 Å². The summed E-state index contributed by atoms with van der Waals surface area (Å²) in [6, 6.07) is 6.28. The maximum Gasteiger partial charge on any atom is 0.191 e. The van der Waals surface area contributed by atoms with Gasteiger partial charge < -0.3 is 29.6 Å². The monoisotopic (exact) mass is 535 g/mol. The molecule has 1 aromatic carbocycles. The zero-order valence-corrected chi connectivity index (χ0v) is 20.9. The second-order valence-corrected chi connectivity index (χ2v) is 7.19. The highest BCUT2D eigenvalue weighted by atomic mass is 127. The van der Waals surface area contributed by atoms with E-state index in [0.717, 1.165) is 69.3 Å². The van der Waals surface area contributed by atoms with Crippen molar-refractivity contribution in [2.24, 2.45) is 4.99 Å². The predicted octanol–water partition coefficient (Wildman–Crippen LogP) is 3.28. The molecule has 0 amide bonds. The molecule has 1 aromatic rings. The first kappa shape index (κ1) is 26.9. The SMILES string of the molecule is CN=C(NCCCOC1CCOCC1)NCc1ccc(C)cc1OCCCOC.I. The summed E-state index contributed by atoms with van der Waals surface area (Å²) in [5, 5.41) is 6.71. The number of rotatable bonds is 12. The Morgan fingerprint density at radius 3 is 2.67 bits per heavy atom. The van der Waals surface area contributed by atoms with Crippen LogP contribution in [0.3, 0.4) is 0 Å². The van der Waals surface area contributed by atoms with Crippen LogP contribution in [0.25, 0.3) is 0 Å². The van der Waals surface area contributed by atoms with Crippen LogP contribution in [0.1, 0.15) is 36.8 Å². The number of ether oxygens (including phenoxy) is 4. The predicted molar refractivity (Wildman–Crippen MR) is 131 cm³/mol. The molecule has 0 radical (unpaired) electrons. The van der Waals surface area contributed by atoms with Crippen LogP contribution < -0.4 is 15.4 Å². The molecule has 1 fully saturated rings. The Labute approximate surface area is 198 Å². The van der Waals surface area contributed by atoms with Gasteiger partial charge >= 0.3 is 0 Å². The first-order valence-corrected chi connectivity index (χ1v) is 10.6. The molecule has 172 valence electrons. The Morgan fingerprint density at radius 1 is 1.13 bits per heavy atom. The van der Waals surface area contributed by atoms with Crippen LogP contribution in [-0.2, 0) is 20.8 Å². The van der Waals surface area contributed by atoms with Crippen LogP contribution in [0, 0.1) is 6.92 Å². The van der Waals surface area contributed by atoms with Gasteiger partial charge in [-0.25, -0.2) is 0 Å². The van der Waals surface area contributed by atoms with Gasteiger partial charge in [-0.05, 0) is 37.8 Å². The van der Waals surface area contributed by atoms with Gasteiger partial charge in [0.25, 0.3) is 0 Å². The first-order valence-electron chi connectivity index (χ1n) is 10.6. The maximum absolute atomic E-state index is 5.95. The Hall–Kier alpha value is -1.10. The zero-order chi connectivity index (χ0) is 20.7. The van der Waals surface area contributed by atoms with Gasteiger partial charge in [-0.15, -0.1) is 24.0 Å². The second kappa shape index (κ2) is 16.6. The van der Waals surface area contributed by atoms with E-state index in [9.17, 15) is 0 Å². The van der Waals surface area contributed by atoms with E-state index in [0.29, 0.717) is 25.9 Å². The van der Waals surface area contributed by atoms with Crippen LogP contribution in [-0.4, -0.2) is 65.8 Å². The number of benzene rings is 1. The highest BCUT2D eigenvalue weighted by molar-refractivity contribution is 14.0. The van der Waals surface area contributed by atoms with E-state index in [4.69, 9.17) is 18.9 Å². The molecule has 8 heteroatoms. The van der Waals surface area contributed by atoms with Gasteiger partial charge in [0.15, 0.2) is 5.96 Å². The van der Waals surface area contributed by atoms with Crippen molar-refractivity contribution in [1.82, 2.24) is 10.6 Å². The van der Waals surface area contributed by atoms with E-state index < -0.39 is 0 Å². The third kappa shape index (κ3) is 10.8. The van der Waals surface area contributed by atoms with E-state index in [-0.39, 0.29) is 24.0 Å². The first-order chi connectivity index (χ1) is 14.2. The number of aryl methyl sites for hydroxylation is 1. The van der Waals surface area contributed by atoms with Crippen LogP contribution >= 0.6 is 24.0 Å². The molecule has 0 spiro atoms. The molecule has 0 unspecified atom stereocenters. The molecule has 0 atom stereocenters. The van der Waals surface area contributed by atoms with Gasteiger partial charge in [0.1, 0.15) is 5.75 Å². The highest BCUT2D eigenvalue weighted by Crippen LogP contribution is 2.20. The molecule has 0 aliphatic carbocycles. The molecule has 2 N–H and O–H groups in total. The minimum Gasteiger partial charge on any atom is -0.493 e. The van der Waals surface area contributed by atoms with Crippen LogP contribution in [0.15, 0.2) is 23.2 Å². The van der Waals surface area contributed by atoms with Crippen molar-refractivity contribution >= 4 is 29.9 Å². The van der Waals surface area contributed by atoms with Crippen molar-refractivity contribution in [3.63, 3.8) is 0 Å². The molecular formula is C22H38IN3O4. The normalized spacial score (nSPS) is 14.8. The molecule has 1 aliphatic rings. The lowest BCUT2D eigenvalue weighted by molar-refractivity contribution is -0.0320. The van der Waals surface area contributed by atoms with Crippen molar-refractivity contribution in [3.05, 3.63) is 29.3 Å². The number of guanidine groups is 1. The molecule has 1 heterocycles. The summed E-state index contributed by atoms with van der Waals surface area (Å²) in [4.78, 5) is 4.30. The number of nitrogens with one attached hydrogen (secondary N) is 2. The number of hydrogen-bond acceptors (Lipinski definition) is 5. The molecule has 2 rings (SSSR count). The van der Waals surface area contributed by atoms with E-state index in [1.54, 1.807) is 14.2 Å². The zero-order valence-electron chi connectivity index (χ0n) is 18.6. The second-order valence-electron chi connectivity index (χ2n) is 7.19. The summed E-state index contributed by atoms with van der Waals surface area (Å²) in [6.45, 7) is 7.27. The minimum absolute atomic E-state index is 0. The summed E-state index contributed by atoms with van der Waals surface area (Å²) in [5.74, 6) is 1.69. The van der Waals surface area contributed by atoms with Gasteiger partial charge in [0.2, 0.25) is 0 Å². The number of methoxy groups -OCH3 is 1. The molecule has 0 bridgehead atoms. The number of aliphatic imine (C=N–C) groups is 1. The van der Waals surface area contributed by atoms with Crippen molar-refractivity contribution in [2.45, 2.75) is 45.3 Å². The number of halogens is 1. The molecule has 0 aromatic heterocycles. The van der Waals surface area contributed by atoms with Gasteiger partial charge in [0.05, 0.1) is 12.7 Å². The maximum atomic E-state index is 5.95. The summed E-state index contributed by atoms with van der Waals surface area (Å²) in [6.07, 6.45) is 4.17. The van der Waals surface area contributed by atoms with Crippen LogP contribution in [0.2, 0.25) is 0 Å². The average molecular weight is 535 g/mol. The number of nitrogens with zero attached hydrogens (tertiary/aromatic N) is 1. The van der Waals surface area contributed by atoms with Crippen molar-refractivity contribution in [2.75, 3.05) is 53.7 Å². The average Bonchev–Trinajstić information content (AvgIpc) is 2.75. The smallest absolute Gasteiger partial charge is 0.191 e. The van der Waals surface area contributed by atoms with E-state index in [2.05, 4.69) is 40.7 Å². The Kier molecular flexibility index (Phi) is 14.9. The molecular weight excluding hydrogens is 497 g/mol. The lowest BCUT2D eigenvalue weighted by atomic mass is 10.1. The summed E-state index contributed by atoms with van der Waals surface area (Å²) >= 11 is 0. The summed E-state index contributed by atoms with van der Waals surface area (Å²) < 4.78 is 22.3. The lowest BCUT2D eigenvalue weighted by Crippen LogP contribution is -2.37. The Morgan fingerprint density at radius 2 is 1.93 bits per heavy atom. The Balaban J connectivity index is 0.00000450. The molecule has 0 saturated carbocycles. The fourth-order valence-corrected chi connectivity index (χ4v) is 3.10. The molecule has 1 saturated heterocycles. The highest BCUT2D eigenvalue weighted by Gasteiger charge is 2.13. The van der Waals surface area contributed by atoms with Crippen molar-refractivity contribution in [3.8, 4) is 5.75 Å². The van der Waals surface area contributed by atoms with Gasteiger partial charge in [0, 0.05) is 65.7 Å². The third-order valence-corrected chi connectivity index (χ3v) is 4.78. The molecule has 30 heavy (non-hydrogen) atoms. The minimum atomic E-state index is 0.